The summed E-state index contributed by atoms with van der Waals surface area (Å²) in [7, 11) is 0. The number of aromatic nitrogens is 2. The molecular weight excluding hydrogens is 234 g/mol. The number of rotatable bonds is 4. The lowest BCUT2D eigenvalue weighted by atomic mass is 9.96. The van der Waals surface area contributed by atoms with E-state index in [9.17, 15) is 0 Å². The van der Waals surface area contributed by atoms with Crippen molar-refractivity contribution in [3.05, 3.63) is 35.5 Å². The van der Waals surface area contributed by atoms with Crippen molar-refractivity contribution in [3.63, 3.8) is 0 Å². The average molecular weight is 257 g/mol. The van der Waals surface area contributed by atoms with Gasteiger partial charge < -0.3 is 5.73 Å². The highest BCUT2D eigenvalue weighted by Crippen LogP contribution is 2.30. The molecule has 0 amide bonds. The van der Waals surface area contributed by atoms with E-state index in [0.29, 0.717) is 17.7 Å². The maximum atomic E-state index is 6.00. The van der Waals surface area contributed by atoms with E-state index >= 15 is 0 Å². The second kappa shape index (κ2) is 5.47. The van der Waals surface area contributed by atoms with Gasteiger partial charge in [-0.15, -0.1) is 0 Å². The Bertz CT molecular complexity index is 536. The van der Waals surface area contributed by atoms with Crippen LogP contribution in [0, 0.1) is 5.92 Å². The van der Waals surface area contributed by atoms with Gasteiger partial charge in [0.15, 0.2) is 5.82 Å². The number of nitrogens with one attached hydrogen (secondary N) is 1. The molecule has 0 radical (unpaired) electrons. The Labute approximate surface area is 115 Å². The summed E-state index contributed by atoms with van der Waals surface area (Å²) in [5.74, 6) is 1.72. The number of benzene rings is 1. The van der Waals surface area contributed by atoms with Crippen LogP contribution in [-0.2, 0) is 6.42 Å². The van der Waals surface area contributed by atoms with E-state index in [1.54, 1.807) is 0 Å². The monoisotopic (exact) mass is 257 g/mol. The maximum Gasteiger partial charge on any atom is 0.153 e. The quantitative estimate of drug-likeness (QED) is 0.870. The van der Waals surface area contributed by atoms with Crippen molar-refractivity contribution >= 4 is 5.82 Å². The Morgan fingerprint density at radius 3 is 2.26 bits per heavy atom. The van der Waals surface area contributed by atoms with Crippen LogP contribution in [0.25, 0.3) is 11.1 Å². The highest BCUT2D eigenvalue weighted by atomic mass is 15.2. The van der Waals surface area contributed by atoms with E-state index < -0.39 is 0 Å². The highest BCUT2D eigenvalue weighted by molar-refractivity contribution is 5.76. The molecule has 3 heteroatoms. The number of nitrogens with two attached hydrogens (primary N) is 1. The first-order chi connectivity index (χ1) is 8.99. The van der Waals surface area contributed by atoms with Gasteiger partial charge >= 0.3 is 0 Å². The number of hydrogen-bond donors (Lipinski definition) is 2. The lowest BCUT2D eigenvalue weighted by Gasteiger charge is -2.09. The molecule has 3 N–H and O–H groups in total. The van der Waals surface area contributed by atoms with Crippen LogP contribution in [0.15, 0.2) is 24.3 Å². The molecule has 3 nitrogen and oxygen atoms in total. The summed E-state index contributed by atoms with van der Waals surface area (Å²) in [6.45, 7) is 8.79. The number of H-pyrrole nitrogens is 1. The Morgan fingerprint density at radius 1 is 1.11 bits per heavy atom. The molecule has 2 rings (SSSR count). The van der Waals surface area contributed by atoms with Crippen LogP contribution in [0.5, 0.6) is 0 Å². The predicted octanol–water partition coefficient (Wildman–Crippen LogP) is 3.98. The fraction of sp³-hybridized carbons (Fsp3) is 0.438. The van der Waals surface area contributed by atoms with E-state index in [2.05, 4.69) is 62.2 Å². The number of aromatic amines is 1. The minimum absolute atomic E-state index is 0.547. The van der Waals surface area contributed by atoms with Crippen LogP contribution in [0.3, 0.4) is 0 Å². The van der Waals surface area contributed by atoms with Crippen LogP contribution >= 0.6 is 0 Å². The minimum Gasteiger partial charge on any atom is -0.382 e. The molecule has 1 heterocycles. The normalized spacial score (nSPS) is 11.5. The van der Waals surface area contributed by atoms with Gasteiger partial charge in [0, 0.05) is 11.3 Å². The molecule has 0 aliphatic carbocycles. The van der Waals surface area contributed by atoms with Gasteiger partial charge in [-0.2, -0.15) is 5.10 Å². The van der Waals surface area contributed by atoms with Gasteiger partial charge in [-0.05, 0) is 29.4 Å². The lowest BCUT2D eigenvalue weighted by molar-refractivity contribution is 0.634. The second-order valence-electron chi connectivity index (χ2n) is 5.84. The summed E-state index contributed by atoms with van der Waals surface area (Å²) in [5, 5.41) is 7.22. The predicted molar refractivity (Wildman–Crippen MR) is 81.1 cm³/mol. The van der Waals surface area contributed by atoms with Gasteiger partial charge in [-0.1, -0.05) is 52.0 Å². The standard InChI is InChI=1S/C16H23N3/c1-10(2)9-14-15(16(17)19-18-14)13-7-5-12(6-8-13)11(3)4/h5-8,10-11H,9H2,1-4H3,(H3,17,18,19). The lowest BCUT2D eigenvalue weighted by Crippen LogP contribution is -1.97. The Hall–Kier alpha value is -1.77. The first-order valence-electron chi connectivity index (χ1n) is 6.92. The second-order valence-corrected chi connectivity index (χ2v) is 5.84. The zero-order valence-corrected chi connectivity index (χ0v) is 12.2. The number of nitrogens with zero attached hydrogens (tertiary/aromatic N) is 1. The molecule has 1 aromatic carbocycles. The molecule has 0 fully saturated rings. The van der Waals surface area contributed by atoms with Crippen LogP contribution in [0.1, 0.15) is 44.9 Å². The van der Waals surface area contributed by atoms with E-state index in [-0.39, 0.29) is 0 Å². The first-order valence-corrected chi connectivity index (χ1v) is 6.92. The summed E-state index contributed by atoms with van der Waals surface area (Å²) in [6.07, 6.45) is 0.964. The van der Waals surface area contributed by atoms with Gasteiger partial charge in [0.1, 0.15) is 0 Å². The third-order valence-corrected chi connectivity index (χ3v) is 3.35. The summed E-state index contributed by atoms with van der Waals surface area (Å²) >= 11 is 0. The van der Waals surface area contributed by atoms with Crippen LogP contribution < -0.4 is 5.73 Å². The largest absolute Gasteiger partial charge is 0.382 e. The molecular formula is C16H23N3. The molecule has 0 aliphatic heterocycles. The van der Waals surface area contributed by atoms with Crippen molar-refractivity contribution < 1.29 is 0 Å². The topological polar surface area (TPSA) is 54.7 Å². The van der Waals surface area contributed by atoms with Gasteiger partial charge in [-0.25, -0.2) is 0 Å². The molecule has 2 aromatic rings. The van der Waals surface area contributed by atoms with Crippen molar-refractivity contribution in [1.82, 2.24) is 10.2 Å². The van der Waals surface area contributed by atoms with Gasteiger partial charge in [0.2, 0.25) is 0 Å². The molecule has 0 atom stereocenters. The fourth-order valence-electron chi connectivity index (χ4n) is 2.31. The zero-order chi connectivity index (χ0) is 14.0. The summed E-state index contributed by atoms with van der Waals surface area (Å²) in [6, 6.07) is 8.62. The van der Waals surface area contributed by atoms with Crippen molar-refractivity contribution in [1.29, 1.82) is 0 Å². The van der Waals surface area contributed by atoms with E-state index in [1.807, 2.05) is 0 Å². The molecule has 19 heavy (non-hydrogen) atoms. The van der Waals surface area contributed by atoms with Crippen molar-refractivity contribution in [2.75, 3.05) is 5.73 Å². The Morgan fingerprint density at radius 2 is 1.74 bits per heavy atom. The number of nitrogen functional groups attached to an aromatic ring is 1. The zero-order valence-electron chi connectivity index (χ0n) is 12.2. The number of hydrogen-bond acceptors (Lipinski definition) is 2. The average Bonchev–Trinajstić information content (AvgIpc) is 2.70. The molecule has 102 valence electrons. The van der Waals surface area contributed by atoms with E-state index in [1.165, 1.54) is 5.56 Å². The van der Waals surface area contributed by atoms with Gasteiger partial charge in [-0.3, -0.25) is 5.10 Å². The van der Waals surface area contributed by atoms with E-state index in [4.69, 9.17) is 5.73 Å². The smallest absolute Gasteiger partial charge is 0.153 e. The van der Waals surface area contributed by atoms with Gasteiger partial charge in [0.25, 0.3) is 0 Å². The SMILES string of the molecule is CC(C)Cc1[nH]nc(N)c1-c1ccc(C(C)C)cc1. The summed E-state index contributed by atoms with van der Waals surface area (Å²) in [5.41, 5.74) is 10.7. The molecule has 0 unspecified atom stereocenters. The summed E-state index contributed by atoms with van der Waals surface area (Å²) in [4.78, 5) is 0. The minimum atomic E-state index is 0.547. The molecule has 0 saturated heterocycles. The molecule has 0 aliphatic rings. The highest BCUT2D eigenvalue weighted by Gasteiger charge is 2.14. The number of anilines is 1. The first kappa shape index (κ1) is 13.7. The Balaban J connectivity index is 2.38. The molecule has 0 spiro atoms. The van der Waals surface area contributed by atoms with Crippen molar-refractivity contribution in [3.8, 4) is 11.1 Å². The summed E-state index contributed by atoms with van der Waals surface area (Å²) < 4.78 is 0. The molecule has 1 aromatic heterocycles. The van der Waals surface area contributed by atoms with Crippen molar-refractivity contribution in [2.45, 2.75) is 40.0 Å². The maximum absolute atomic E-state index is 6.00. The van der Waals surface area contributed by atoms with Crippen molar-refractivity contribution in [2.24, 2.45) is 5.92 Å². The molecule has 0 saturated carbocycles. The molecule has 0 bridgehead atoms. The fourth-order valence-corrected chi connectivity index (χ4v) is 2.31. The third-order valence-electron chi connectivity index (χ3n) is 3.35. The van der Waals surface area contributed by atoms with E-state index in [0.717, 1.165) is 23.2 Å². The Kier molecular flexibility index (Phi) is 3.93. The third kappa shape index (κ3) is 2.98. The van der Waals surface area contributed by atoms with Crippen LogP contribution in [-0.4, -0.2) is 10.2 Å². The van der Waals surface area contributed by atoms with Crippen LogP contribution in [0.2, 0.25) is 0 Å². The van der Waals surface area contributed by atoms with Gasteiger partial charge in [0.05, 0.1) is 0 Å². The van der Waals surface area contributed by atoms with Crippen LogP contribution in [0.4, 0.5) is 5.82 Å².